The normalized spacial score (nSPS) is 20.5. The Morgan fingerprint density at radius 3 is 2.26 bits per heavy atom. The molecule has 0 N–H and O–H groups in total. The van der Waals surface area contributed by atoms with E-state index < -0.39 is 0 Å². The molecule has 39 heavy (non-hydrogen) atoms. The van der Waals surface area contributed by atoms with Crippen LogP contribution in [-0.4, -0.2) is 0 Å². The van der Waals surface area contributed by atoms with Gasteiger partial charge in [0.25, 0.3) is 0 Å². The van der Waals surface area contributed by atoms with Gasteiger partial charge in [-0.15, -0.1) is 11.3 Å². The van der Waals surface area contributed by atoms with Gasteiger partial charge in [0.15, 0.2) is 0 Å². The van der Waals surface area contributed by atoms with E-state index in [2.05, 4.69) is 109 Å². The molecular weight excluding hydrogens is 512 g/mol. The molecule has 1 spiro atoms. The van der Waals surface area contributed by atoms with E-state index in [9.17, 15) is 0 Å². The summed E-state index contributed by atoms with van der Waals surface area (Å²) >= 11 is 8.86. The van der Waals surface area contributed by atoms with E-state index in [0.29, 0.717) is 0 Å². The maximum absolute atomic E-state index is 6.93. The first-order chi connectivity index (χ1) is 19.3. The molecule has 3 aliphatic carbocycles. The highest BCUT2D eigenvalue weighted by Gasteiger charge is 2.55. The summed E-state index contributed by atoms with van der Waals surface area (Å²) in [5.41, 5.74) is 12.0. The van der Waals surface area contributed by atoms with E-state index in [1.807, 2.05) is 23.5 Å². The zero-order chi connectivity index (χ0) is 25.7. The van der Waals surface area contributed by atoms with Crippen LogP contribution >= 0.6 is 22.9 Å². The molecule has 0 nitrogen and oxygen atoms in total. The first-order valence-electron chi connectivity index (χ1n) is 13.6. The average molecular weight is 535 g/mol. The van der Waals surface area contributed by atoms with Crippen LogP contribution in [0.15, 0.2) is 127 Å². The van der Waals surface area contributed by atoms with Crippen LogP contribution < -0.4 is 0 Å². The molecule has 3 aliphatic rings. The van der Waals surface area contributed by atoms with Crippen LogP contribution in [0.3, 0.4) is 0 Å². The molecule has 2 heteroatoms. The van der Waals surface area contributed by atoms with E-state index >= 15 is 0 Å². The number of halogens is 1. The maximum Gasteiger partial charge on any atom is 0.0695 e. The lowest BCUT2D eigenvalue weighted by molar-refractivity contribution is 0.656. The summed E-state index contributed by atoms with van der Waals surface area (Å²) in [7, 11) is 0. The van der Waals surface area contributed by atoms with Crippen molar-refractivity contribution in [2.45, 2.75) is 17.8 Å². The minimum atomic E-state index is -0.350. The van der Waals surface area contributed by atoms with Crippen molar-refractivity contribution in [1.82, 2.24) is 0 Å². The molecule has 0 saturated carbocycles. The summed E-state index contributed by atoms with van der Waals surface area (Å²) in [5.74, 6) is 0.197. The highest BCUT2D eigenvalue weighted by Crippen LogP contribution is 2.67. The summed E-state index contributed by atoms with van der Waals surface area (Å²) in [6.45, 7) is 0. The Bertz CT molecular complexity index is 2070. The minimum absolute atomic E-state index is 0.197. The Morgan fingerprint density at radius 1 is 0.667 bits per heavy atom. The molecule has 6 aromatic rings. The maximum atomic E-state index is 6.93. The number of hydrogen-bond acceptors (Lipinski definition) is 1. The Balaban J connectivity index is 1.46. The third-order valence-corrected chi connectivity index (χ3v) is 10.7. The number of benzene rings is 5. The lowest BCUT2D eigenvalue weighted by atomic mass is 9.64. The summed E-state index contributed by atoms with van der Waals surface area (Å²) in [4.78, 5) is 0. The van der Waals surface area contributed by atoms with E-state index in [-0.39, 0.29) is 11.3 Å². The van der Waals surface area contributed by atoms with Crippen LogP contribution in [0.4, 0.5) is 0 Å². The molecule has 1 aromatic heterocycles. The van der Waals surface area contributed by atoms with Gasteiger partial charge < -0.3 is 0 Å². The van der Waals surface area contributed by atoms with Crippen LogP contribution in [-0.2, 0) is 5.41 Å². The van der Waals surface area contributed by atoms with Gasteiger partial charge in [-0.1, -0.05) is 121 Å². The van der Waals surface area contributed by atoms with E-state index in [1.54, 1.807) is 0 Å². The molecular formula is C37H23ClS. The zero-order valence-electron chi connectivity index (χ0n) is 21.1. The van der Waals surface area contributed by atoms with Gasteiger partial charge >= 0.3 is 0 Å². The van der Waals surface area contributed by atoms with Crippen molar-refractivity contribution in [3.63, 3.8) is 0 Å². The number of hydrogen-bond donors (Lipinski definition) is 0. The van der Waals surface area contributed by atoms with Crippen LogP contribution in [0.2, 0.25) is 5.02 Å². The molecule has 184 valence electrons. The van der Waals surface area contributed by atoms with Crippen LogP contribution in [0.1, 0.15) is 40.2 Å². The monoisotopic (exact) mass is 534 g/mol. The van der Waals surface area contributed by atoms with Gasteiger partial charge in [0.1, 0.15) is 0 Å². The van der Waals surface area contributed by atoms with Crippen molar-refractivity contribution in [3.8, 4) is 11.1 Å². The fourth-order valence-corrected chi connectivity index (χ4v) is 9.30. The van der Waals surface area contributed by atoms with Crippen molar-refractivity contribution in [1.29, 1.82) is 0 Å². The Morgan fingerprint density at radius 2 is 1.38 bits per heavy atom. The highest BCUT2D eigenvalue weighted by molar-refractivity contribution is 7.26. The molecule has 0 aliphatic heterocycles. The van der Waals surface area contributed by atoms with Gasteiger partial charge in [-0.25, -0.2) is 0 Å². The predicted octanol–water partition coefficient (Wildman–Crippen LogP) is 10.5. The molecule has 1 heterocycles. The molecule has 9 rings (SSSR count). The third-order valence-electron chi connectivity index (χ3n) is 9.15. The largest absolute Gasteiger partial charge is 0.135 e. The smallest absolute Gasteiger partial charge is 0.0695 e. The second kappa shape index (κ2) is 7.82. The molecule has 0 radical (unpaired) electrons. The predicted molar refractivity (Wildman–Crippen MR) is 166 cm³/mol. The Kier molecular flexibility index (Phi) is 4.40. The summed E-state index contributed by atoms with van der Waals surface area (Å²) in [5, 5.41) is 3.55. The topological polar surface area (TPSA) is 0 Å². The first-order valence-corrected chi connectivity index (χ1v) is 14.8. The lowest BCUT2D eigenvalue weighted by Crippen LogP contribution is -2.31. The van der Waals surface area contributed by atoms with Gasteiger partial charge in [0, 0.05) is 36.7 Å². The highest BCUT2D eigenvalue weighted by atomic mass is 35.5. The second-order valence-electron chi connectivity index (χ2n) is 10.8. The standard InChI is InChI=1S/C37H23ClS/c38-32-18-7-3-11-23(32)26-15-9-14-25-22-10-1-5-16-29(22)37(35(25)26)30-17-6-2-13-28(30)34-31(37)21-20-27-24-12-4-8-19-33(24)39-36(27)34/h1-14,16-21,26H,15H2. The summed E-state index contributed by atoms with van der Waals surface area (Å²) in [6, 6.07) is 40.3. The Labute approximate surface area is 236 Å². The quantitative estimate of drug-likeness (QED) is 0.197. The SMILES string of the molecule is Clc1ccccc1C1CC=CC2=C1C1(c3ccccc32)c2ccccc2-c2c1ccc1c2sc2ccccc21. The van der Waals surface area contributed by atoms with Gasteiger partial charge in [-0.05, 0) is 63.1 Å². The molecule has 2 unspecified atom stereocenters. The van der Waals surface area contributed by atoms with Crippen LogP contribution in [0.5, 0.6) is 0 Å². The minimum Gasteiger partial charge on any atom is -0.135 e. The van der Waals surface area contributed by atoms with Crippen LogP contribution in [0.25, 0.3) is 36.9 Å². The van der Waals surface area contributed by atoms with Crippen molar-refractivity contribution in [2.75, 3.05) is 0 Å². The molecule has 0 saturated heterocycles. The van der Waals surface area contributed by atoms with Crippen molar-refractivity contribution in [2.24, 2.45) is 0 Å². The molecule has 0 amide bonds. The number of fused-ring (bicyclic) bond motifs is 13. The van der Waals surface area contributed by atoms with Gasteiger partial charge in [0.2, 0.25) is 0 Å². The number of rotatable bonds is 1. The fraction of sp³-hybridized carbons (Fsp3) is 0.0811. The number of allylic oxidation sites excluding steroid dienone is 4. The third kappa shape index (κ3) is 2.65. The molecule has 0 fully saturated rings. The average Bonchev–Trinajstić information content (AvgIpc) is 3.61. The summed E-state index contributed by atoms with van der Waals surface area (Å²) in [6.07, 6.45) is 5.66. The lowest BCUT2D eigenvalue weighted by Gasteiger charge is -2.38. The first kappa shape index (κ1) is 22.0. The van der Waals surface area contributed by atoms with Crippen molar-refractivity contribution < 1.29 is 0 Å². The molecule has 5 aromatic carbocycles. The van der Waals surface area contributed by atoms with Crippen molar-refractivity contribution >= 4 is 48.7 Å². The van der Waals surface area contributed by atoms with Gasteiger partial charge in [-0.2, -0.15) is 0 Å². The van der Waals surface area contributed by atoms with E-state index in [4.69, 9.17) is 11.6 Å². The van der Waals surface area contributed by atoms with Gasteiger partial charge in [-0.3, -0.25) is 0 Å². The molecule has 0 bridgehead atoms. The van der Waals surface area contributed by atoms with E-state index in [1.165, 1.54) is 70.3 Å². The van der Waals surface area contributed by atoms with Crippen molar-refractivity contribution in [3.05, 3.63) is 160 Å². The Hall–Kier alpha value is -3.91. The zero-order valence-corrected chi connectivity index (χ0v) is 22.7. The second-order valence-corrected chi connectivity index (χ2v) is 12.3. The van der Waals surface area contributed by atoms with E-state index in [0.717, 1.165) is 11.4 Å². The molecule has 2 atom stereocenters. The fourth-order valence-electron chi connectivity index (χ4n) is 7.77. The van der Waals surface area contributed by atoms with Crippen LogP contribution in [0, 0.1) is 0 Å². The van der Waals surface area contributed by atoms with Gasteiger partial charge in [0.05, 0.1) is 5.41 Å². The number of thiophene rings is 1. The summed E-state index contributed by atoms with van der Waals surface area (Å²) < 4.78 is 2.74.